The molecule has 1 fully saturated rings. The molecular formula is C15H20F3NO2. The van der Waals surface area contributed by atoms with Gasteiger partial charge in [0.05, 0.1) is 19.6 Å². The summed E-state index contributed by atoms with van der Waals surface area (Å²) < 4.78 is 43.5. The first-order valence-electron chi connectivity index (χ1n) is 7.05. The average molecular weight is 303 g/mol. The first kappa shape index (κ1) is 15.9. The average Bonchev–Trinajstić information content (AvgIpc) is 2.46. The van der Waals surface area contributed by atoms with Crippen molar-refractivity contribution in [1.82, 2.24) is 0 Å². The molecular weight excluding hydrogens is 283 g/mol. The molecule has 2 N–H and O–H groups in total. The number of halogens is 3. The van der Waals surface area contributed by atoms with Crippen LogP contribution in [-0.4, -0.2) is 24.4 Å². The van der Waals surface area contributed by atoms with Gasteiger partial charge in [-0.3, -0.25) is 0 Å². The van der Waals surface area contributed by atoms with Crippen LogP contribution < -0.4 is 10.1 Å². The number of alkyl halides is 3. The van der Waals surface area contributed by atoms with Crippen LogP contribution in [0.2, 0.25) is 0 Å². The molecule has 0 unspecified atom stereocenters. The van der Waals surface area contributed by atoms with Gasteiger partial charge in [-0.15, -0.1) is 0 Å². The lowest BCUT2D eigenvalue weighted by Gasteiger charge is -2.31. The van der Waals surface area contributed by atoms with Crippen LogP contribution in [0.25, 0.3) is 0 Å². The number of ether oxygens (including phenoxy) is 1. The lowest BCUT2D eigenvalue weighted by atomic mass is 9.85. The fourth-order valence-electron chi connectivity index (χ4n) is 2.85. The number of hydrogen-bond donors (Lipinski definition) is 2. The van der Waals surface area contributed by atoms with E-state index in [4.69, 9.17) is 4.74 Å². The number of hydrogen-bond acceptors (Lipinski definition) is 3. The second kappa shape index (κ2) is 6.56. The zero-order valence-corrected chi connectivity index (χ0v) is 11.9. The Bertz CT molecular complexity index is 476. The Labute approximate surface area is 122 Å². The summed E-state index contributed by atoms with van der Waals surface area (Å²) >= 11 is 0. The Kier molecular flexibility index (Phi) is 4.98. The van der Waals surface area contributed by atoms with E-state index in [-0.39, 0.29) is 25.5 Å². The van der Waals surface area contributed by atoms with Gasteiger partial charge in [-0.2, -0.15) is 13.2 Å². The summed E-state index contributed by atoms with van der Waals surface area (Å²) in [5, 5.41) is 12.4. The van der Waals surface area contributed by atoms with Crippen molar-refractivity contribution >= 4 is 5.69 Å². The van der Waals surface area contributed by atoms with Gasteiger partial charge in [-0.05, 0) is 37.5 Å². The van der Waals surface area contributed by atoms with Gasteiger partial charge in [-0.1, -0.05) is 6.42 Å². The zero-order chi connectivity index (χ0) is 15.5. The Balaban J connectivity index is 2.04. The lowest BCUT2D eigenvalue weighted by Crippen LogP contribution is -2.34. The molecule has 21 heavy (non-hydrogen) atoms. The normalized spacial score (nSPS) is 22.9. The molecule has 0 amide bonds. The van der Waals surface area contributed by atoms with Gasteiger partial charge in [0.1, 0.15) is 5.75 Å². The monoisotopic (exact) mass is 303 g/mol. The molecule has 2 rings (SSSR count). The van der Waals surface area contributed by atoms with Gasteiger partial charge in [-0.25, -0.2) is 0 Å². The third-order valence-corrected chi connectivity index (χ3v) is 3.96. The molecule has 1 aromatic carbocycles. The molecule has 0 bridgehead atoms. The number of methoxy groups -OCH3 is 1. The fourth-order valence-corrected chi connectivity index (χ4v) is 2.85. The molecule has 0 aliphatic heterocycles. The van der Waals surface area contributed by atoms with Crippen LogP contribution in [0.15, 0.2) is 18.2 Å². The molecule has 118 valence electrons. The topological polar surface area (TPSA) is 41.5 Å². The lowest BCUT2D eigenvalue weighted by molar-refractivity contribution is -0.182. The van der Waals surface area contributed by atoms with Gasteiger partial charge < -0.3 is 15.2 Å². The van der Waals surface area contributed by atoms with Crippen molar-refractivity contribution in [2.45, 2.75) is 44.5 Å². The van der Waals surface area contributed by atoms with Crippen molar-refractivity contribution in [3.8, 4) is 5.75 Å². The highest BCUT2D eigenvalue weighted by Crippen LogP contribution is 2.38. The second-order valence-corrected chi connectivity index (χ2v) is 5.43. The highest BCUT2D eigenvalue weighted by Gasteiger charge is 2.42. The molecule has 0 aromatic heterocycles. The van der Waals surface area contributed by atoms with Gasteiger partial charge in [0.2, 0.25) is 0 Å². The third kappa shape index (κ3) is 4.03. The van der Waals surface area contributed by atoms with E-state index < -0.39 is 12.1 Å². The van der Waals surface area contributed by atoms with E-state index in [0.29, 0.717) is 23.4 Å². The van der Waals surface area contributed by atoms with Crippen molar-refractivity contribution in [1.29, 1.82) is 0 Å². The van der Waals surface area contributed by atoms with Crippen LogP contribution in [0, 0.1) is 5.92 Å². The van der Waals surface area contributed by atoms with E-state index >= 15 is 0 Å². The fraction of sp³-hybridized carbons (Fsp3) is 0.600. The van der Waals surface area contributed by atoms with E-state index in [1.165, 1.54) is 7.11 Å². The molecule has 0 heterocycles. The summed E-state index contributed by atoms with van der Waals surface area (Å²) in [5.74, 6) is -0.654. The quantitative estimate of drug-likeness (QED) is 0.890. The van der Waals surface area contributed by atoms with Crippen LogP contribution in [0.3, 0.4) is 0 Å². The van der Waals surface area contributed by atoms with Crippen LogP contribution in [0.4, 0.5) is 18.9 Å². The standard InChI is InChI=1S/C15H20F3NO2/c1-21-14-6-5-13(7-10(14)9-20)19-12-4-2-3-11(8-12)15(16,17)18/h5-7,11-12,19-20H,2-4,8-9H2,1H3/t11-,12+/m0/s1. The van der Waals surface area contributed by atoms with E-state index in [0.717, 1.165) is 6.42 Å². The molecule has 1 aliphatic carbocycles. The molecule has 2 atom stereocenters. The number of nitrogens with one attached hydrogen (secondary N) is 1. The highest BCUT2D eigenvalue weighted by atomic mass is 19.4. The smallest absolute Gasteiger partial charge is 0.391 e. The first-order chi connectivity index (χ1) is 9.94. The van der Waals surface area contributed by atoms with Gasteiger partial charge >= 0.3 is 6.18 Å². The molecule has 3 nitrogen and oxygen atoms in total. The summed E-state index contributed by atoms with van der Waals surface area (Å²) in [6, 6.07) is 4.99. The molecule has 0 radical (unpaired) electrons. The minimum Gasteiger partial charge on any atom is -0.496 e. The minimum absolute atomic E-state index is 0.101. The van der Waals surface area contributed by atoms with Crippen molar-refractivity contribution in [2.75, 3.05) is 12.4 Å². The number of rotatable bonds is 4. The zero-order valence-electron chi connectivity index (χ0n) is 11.9. The van der Waals surface area contributed by atoms with Crippen LogP contribution in [-0.2, 0) is 6.61 Å². The largest absolute Gasteiger partial charge is 0.496 e. The minimum atomic E-state index is -4.11. The molecule has 1 aromatic rings. The van der Waals surface area contributed by atoms with Crippen LogP contribution in [0.1, 0.15) is 31.2 Å². The van der Waals surface area contributed by atoms with Gasteiger partial charge in [0, 0.05) is 17.3 Å². The molecule has 6 heteroatoms. The molecule has 0 spiro atoms. The maximum Gasteiger partial charge on any atom is 0.391 e. The van der Waals surface area contributed by atoms with Crippen molar-refractivity contribution in [3.05, 3.63) is 23.8 Å². The van der Waals surface area contributed by atoms with Crippen LogP contribution in [0.5, 0.6) is 5.75 Å². The molecule has 1 aliphatic rings. The maximum absolute atomic E-state index is 12.8. The third-order valence-electron chi connectivity index (χ3n) is 3.96. The van der Waals surface area contributed by atoms with E-state index in [1.54, 1.807) is 18.2 Å². The summed E-state index contributed by atoms with van der Waals surface area (Å²) in [6.07, 6.45) is -2.50. The predicted octanol–water partition coefficient (Wildman–Crippen LogP) is 3.72. The van der Waals surface area contributed by atoms with Crippen molar-refractivity contribution < 1.29 is 23.0 Å². The molecule has 0 saturated heterocycles. The Morgan fingerprint density at radius 1 is 1.33 bits per heavy atom. The maximum atomic E-state index is 12.8. The SMILES string of the molecule is COc1ccc(N[C@@H]2CCC[C@H](C(F)(F)F)C2)cc1CO. The Morgan fingerprint density at radius 3 is 2.71 bits per heavy atom. The summed E-state index contributed by atoms with van der Waals surface area (Å²) in [7, 11) is 1.51. The number of aliphatic hydroxyl groups excluding tert-OH is 1. The number of anilines is 1. The Hall–Kier alpha value is -1.43. The predicted molar refractivity (Wildman–Crippen MR) is 74.3 cm³/mol. The van der Waals surface area contributed by atoms with Crippen molar-refractivity contribution in [3.63, 3.8) is 0 Å². The van der Waals surface area contributed by atoms with Gasteiger partial charge in [0.25, 0.3) is 0 Å². The number of aliphatic hydroxyl groups is 1. The highest BCUT2D eigenvalue weighted by molar-refractivity contribution is 5.51. The van der Waals surface area contributed by atoms with E-state index in [1.807, 2.05) is 0 Å². The second-order valence-electron chi connectivity index (χ2n) is 5.43. The number of benzene rings is 1. The summed E-state index contributed by atoms with van der Waals surface area (Å²) in [5.41, 5.74) is 1.33. The van der Waals surface area contributed by atoms with Crippen LogP contribution >= 0.6 is 0 Å². The molecule has 1 saturated carbocycles. The summed E-state index contributed by atoms with van der Waals surface area (Å²) in [4.78, 5) is 0. The van der Waals surface area contributed by atoms with E-state index in [9.17, 15) is 18.3 Å². The van der Waals surface area contributed by atoms with Gasteiger partial charge in [0.15, 0.2) is 0 Å². The Morgan fingerprint density at radius 2 is 2.10 bits per heavy atom. The van der Waals surface area contributed by atoms with E-state index in [2.05, 4.69) is 5.32 Å². The van der Waals surface area contributed by atoms with Crippen molar-refractivity contribution in [2.24, 2.45) is 5.92 Å². The summed E-state index contributed by atoms with van der Waals surface area (Å²) in [6.45, 7) is -0.172. The first-order valence-corrected chi connectivity index (χ1v) is 7.05.